The maximum absolute atomic E-state index is 5.22. The summed E-state index contributed by atoms with van der Waals surface area (Å²) in [5.41, 5.74) is 0. The Hall–Kier alpha value is -0.900. The Morgan fingerprint density at radius 2 is 2.07 bits per heavy atom. The molecular weight excluding hydrogens is 190 g/mol. The maximum Gasteiger partial charge on any atom is 0.229 e. The van der Waals surface area contributed by atoms with Gasteiger partial charge in [-0.1, -0.05) is 12.1 Å². The normalized spacial score (nSPS) is 26.8. The molecule has 0 atom stereocenters. The van der Waals surface area contributed by atoms with Gasteiger partial charge >= 0.3 is 0 Å². The van der Waals surface area contributed by atoms with Crippen molar-refractivity contribution in [2.75, 3.05) is 6.54 Å². The van der Waals surface area contributed by atoms with Crippen LogP contribution in [0.2, 0.25) is 0 Å². The van der Waals surface area contributed by atoms with E-state index in [1.165, 1.54) is 25.7 Å². The van der Waals surface area contributed by atoms with Gasteiger partial charge in [0.2, 0.25) is 5.89 Å². The highest BCUT2D eigenvalue weighted by molar-refractivity contribution is 4.96. The molecule has 0 spiro atoms. The van der Waals surface area contributed by atoms with Crippen LogP contribution in [0.25, 0.3) is 0 Å². The highest BCUT2D eigenvalue weighted by Crippen LogP contribution is 2.31. The molecule has 4 nitrogen and oxygen atoms in total. The Morgan fingerprint density at radius 1 is 1.33 bits per heavy atom. The molecule has 1 fully saturated rings. The lowest BCUT2D eigenvalue weighted by Crippen LogP contribution is -2.32. The van der Waals surface area contributed by atoms with E-state index in [2.05, 4.69) is 22.4 Å². The Morgan fingerprint density at radius 3 is 2.60 bits per heavy atom. The molecule has 0 aliphatic heterocycles. The zero-order valence-corrected chi connectivity index (χ0v) is 9.49. The van der Waals surface area contributed by atoms with Crippen molar-refractivity contribution in [1.29, 1.82) is 0 Å². The SMILES string of the molecule is CCNC1CCC(c2nc(C)no2)CC1. The minimum Gasteiger partial charge on any atom is -0.339 e. The fraction of sp³-hybridized carbons (Fsp3) is 0.818. The summed E-state index contributed by atoms with van der Waals surface area (Å²) in [6, 6.07) is 0.690. The van der Waals surface area contributed by atoms with Crippen LogP contribution in [0.4, 0.5) is 0 Å². The van der Waals surface area contributed by atoms with E-state index in [-0.39, 0.29) is 0 Å². The summed E-state index contributed by atoms with van der Waals surface area (Å²) in [4.78, 5) is 4.31. The van der Waals surface area contributed by atoms with Gasteiger partial charge in [0, 0.05) is 12.0 Å². The summed E-state index contributed by atoms with van der Waals surface area (Å²) in [5, 5.41) is 7.34. The number of hydrogen-bond donors (Lipinski definition) is 1. The predicted molar refractivity (Wildman–Crippen MR) is 57.7 cm³/mol. The molecule has 0 saturated heterocycles. The van der Waals surface area contributed by atoms with Gasteiger partial charge in [-0.3, -0.25) is 0 Å². The van der Waals surface area contributed by atoms with Crippen LogP contribution in [0, 0.1) is 6.92 Å². The van der Waals surface area contributed by atoms with Crippen LogP contribution in [0.1, 0.15) is 50.2 Å². The molecule has 84 valence electrons. The monoisotopic (exact) mass is 209 g/mol. The molecule has 4 heteroatoms. The van der Waals surface area contributed by atoms with Crippen LogP contribution in [-0.4, -0.2) is 22.7 Å². The summed E-state index contributed by atoms with van der Waals surface area (Å²) in [7, 11) is 0. The quantitative estimate of drug-likeness (QED) is 0.827. The second-order valence-electron chi connectivity index (χ2n) is 4.29. The average molecular weight is 209 g/mol. The summed E-state index contributed by atoms with van der Waals surface area (Å²) in [6.07, 6.45) is 4.78. The van der Waals surface area contributed by atoms with E-state index >= 15 is 0 Å². The lowest BCUT2D eigenvalue weighted by atomic mass is 9.86. The number of hydrogen-bond acceptors (Lipinski definition) is 4. The van der Waals surface area contributed by atoms with Crippen molar-refractivity contribution in [3.8, 4) is 0 Å². The molecule has 2 rings (SSSR count). The van der Waals surface area contributed by atoms with Crippen LogP contribution in [0.5, 0.6) is 0 Å². The number of nitrogens with zero attached hydrogens (tertiary/aromatic N) is 2. The Balaban J connectivity index is 1.88. The topological polar surface area (TPSA) is 51.0 Å². The van der Waals surface area contributed by atoms with Crippen molar-refractivity contribution in [2.45, 2.75) is 51.5 Å². The number of aromatic nitrogens is 2. The zero-order chi connectivity index (χ0) is 10.7. The summed E-state index contributed by atoms with van der Waals surface area (Å²) in [5.74, 6) is 2.07. The summed E-state index contributed by atoms with van der Waals surface area (Å²) >= 11 is 0. The van der Waals surface area contributed by atoms with Crippen molar-refractivity contribution in [2.24, 2.45) is 0 Å². The first kappa shape index (κ1) is 10.6. The molecular formula is C11H19N3O. The van der Waals surface area contributed by atoms with E-state index in [0.29, 0.717) is 12.0 Å². The van der Waals surface area contributed by atoms with Crippen molar-refractivity contribution in [1.82, 2.24) is 15.5 Å². The van der Waals surface area contributed by atoms with Gasteiger partial charge < -0.3 is 9.84 Å². The van der Waals surface area contributed by atoms with Crippen LogP contribution in [0.3, 0.4) is 0 Å². The Labute approximate surface area is 90.4 Å². The molecule has 1 aliphatic carbocycles. The average Bonchev–Trinajstić information content (AvgIpc) is 2.67. The third-order valence-electron chi connectivity index (χ3n) is 3.11. The van der Waals surface area contributed by atoms with Gasteiger partial charge in [0.05, 0.1) is 0 Å². The fourth-order valence-corrected chi connectivity index (χ4v) is 2.31. The van der Waals surface area contributed by atoms with E-state index < -0.39 is 0 Å². The van der Waals surface area contributed by atoms with Gasteiger partial charge in [0.1, 0.15) is 0 Å². The fourth-order valence-electron chi connectivity index (χ4n) is 2.31. The first-order chi connectivity index (χ1) is 7.29. The zero-order valence-electron chi connectivity index (χ0n) is 9.49. The van der Waals surface area contributed by atoms with E-state index in [1.54, 1.807) is 0 Å². The molecule has 1 aromatic rings. The Bertz CT molecular complexity index is 303. The predicted octanol–water partition coefficient (Wildman–Crippen LogP) is 2.01. The number of rotatable bonds is 3. The van der Waals surface area contributed by atoms with Gasteiger partial charge in [-0.15, -0.1) is 0 Å². The molecule has 0 bridgehead atoms. The highest BCUT2D eigenvalue weighted by Gasteiger charge is 2.25. The molecule has 1 aromatic heterocycles. The minimum absolute atomic E-state index is 0.487. The van der Waals surface area contributed by atoms with Gasteiger partial charge in [0.15, 0.2) is 5.82 Å². The van der Waals surface area contributed by atoms with Gasteiger partial charge in [-0.05, 0) is 39.2 Å². The molecule has 0 radical (unpaired) electrons. The standard InChI is InChI=1S/C11H19N3O/c1-3-12-10-6-4-9(5-7-10)11-13-8(2)14-15-11/h9-10,12H,3-7H2,1-2H3. The summed E-state index contributed by atoms with van der Waals surface area (Å²) < 4.78 is 5.22. The second-order valence-corrected chi connectivity index (χ2v) is 4.29. The van der Waals surface area contributed by atoms with Crippen molar-refractivity contribution < 1.29 is 4.52 Å². The van der Waals surface area contributed by atoms with Gasteiger partial charge in [0.25, 0.3) is 0 Å². The third kappa shape index (κ3) is 2.56. The number of aryl methyl sites for hydroxylation is 1. The van der Waals surface area contributed by atoms with Crippen LogP contribution in [0.15, 0.2) is 4.52 Å². The van der Waals surface area contributed by atoms with Crippen molar-refractivity contribution >= 4 is 0 Å². The van der Waals surface area contributed by atoms with Crippen molar-refractivity contribution in [3.63, 3.8) is 0 Å². The van der Waals surface area contributed by atoms with E-state index in [9.17, 15) is 0 Å². The molecule has 1 N–H and O–H groups in total. The van der Waals surface area contributed by atoms with Crippen molar-refractivity contribution in [3.05, 3.63) is 11.7 Å². The van der Waals surface area contributed by atoms with Crippen LogP contribution in [-0.2, 0) is 0 Å². The van der Waals surface area contributed by atoms with Gasteiger partial charge in [-0.2, -0.15) is 4.98 Å². The Kier molecular flexibility index (Phi) is 3.36. The first-order valence-electron chi connectivity index (χ1n) is 5.83. The minimum atomic E-state index is 0.487. The first-order valence-corrected chi connectivity index (χ1v) is 5.83. The van der Waals surface area contributed by atoms with Gasteiger partial charge in [-0.25, -0.2) is 0 Å². The molecule has 1 heterocycles. The maximum atomic E-state index is 5.22. The smallest absolute Gasteiger partial charge is 0.229 e. The highest BCUT2D eigenvalue weighted by atomic mass is 16.5. The molecule has 1 aliphatic rings. The van der Waals surface area contributed by atoms with E-state index in [0.717, 1.165) is 18.3 Å². The number of nitrogens with one attached hydrogen (secondary N) is 1. The lowest BCUT2D eigenvalue weighted by molar-refractivity contribution is 0.284. The molecule has 0 unspecified atom stereocenters. The van der Waals surface area contributed by atoms with E-state index in [1.807, 2.05) is 6.92 Å². The molecule has 0 amide bonds. The summed E-state index contributed by atoms with van der Waals surface area (Å²) in [6.45, 7) is 5.10. The largest absolute Gasteiger partial charge is 0.339 e. The molecule has 1 saturated carbocycles. The lowest BCUT2D eigenvalue weighted by Gasteiger charge is -2.26. The molecule has 15 heavy (non-hydrogen) atoms. The second kappa shape index (κ2) is 4.75. The third-order valence-corrected chi connectivity index (χ3v) is 3.11. The van der Waals surface area contributed by atoms with E-state index in [4.69, 9.17) is 4.52 Å². The molecule has 0 aromatic carbocycles. The van der Waals surface area contributed by atoms with Crippen LogP contribution < -0.4 is 5.32 Å². The van der Waals surface area contributed by atoms with Crippen LogP contribution >= 0.6 is 0 Å².